The third kappa shape index (κ3) is 5.03. The van der Waals surface area contributed by atoms with Crippen molar-refractivity contribution in [1.82, 2.24) is 9.97 Å². The normalized spacial score (nSPS) is 13.3. The third-order valence-electron chi connectivity index (χ3n) is 3.10. The number of nitrogens with zero attached hydrogens (tertiary/aromatic N) is 2. The first-order valence-electron chi connectivity index (χ1n) is 6.86. The van der Waals surface area contributed by atoms with Crippen molar-refractivity contribution >= 4 is 11.6 Å². The number of aromatic nitrogens is 2. The van der Waals surface area contributed by atoms with E-state index in [1.807, 2.05) is 0 Å². The Balaban J connectivity index is 2.76. The van der Waals surface area contributed by atoms with Crippen LogP contribution in [0.15, 0.2) is 6.07 Å². The monoisotopic (exact) mass is 266 g/mol. The number of rotatable bonds is 6. The van der Waals surface area contributed by atoms with Gasteiger partial charge in [-0.1, -0.05) is 34.1 Å². The molecule has 0 aliphatic rings. The highest BCUT2D eigenvalue weighted by molar-refractivity contribution is 5.45. The lowest BCUT2D eigenvalue weighted by Gasteiger charge is -2.19. The number of nitrogens with one attached hydrogen (secondary N) is 1. The van der Waals surface area contributed by atoms with Gasteiger partial charge in [0.05, 0.1) is 0 Å². The second-order valence-electron chi connectivity index (χ2n) is 5.92. The molecule has 0 saturated heterocycles. The van der Waals surface area contributed by atoms with E-state index >= 15 is 0 Å². The lowest BCUT2D eigenvalue weighted by molar-refractivity contribution is 0.258. The van der Waals surface area contributed by atoms with Gasteiger partial charge in [-0.2, -0.15) is 0 Å². The van der Waals surface area contributed by atoms with Crippen LogP contribution < -0.4 is 11.1 Å². The van der Waals surface area contributed by atoms with E-state index in [1.54, 1.807) is 6.07 Å². The number of hydrogen-bond donors (Lipinski definition) is 3. The summed E-state index contributed by atoms with van der Waals surface area (Å²) in [4.78, 5) is 8.78. The summed E-state index contributed by atoms with van der Waals surface area (Å²) in [6, 6.07) is 1.75. The Morgan fingerprint density at radius 1 is 1.37 bits per heavy atom. The van der Waals surface area contributed by atoms with Crippen LogP contribution in [0.5, 0.6) is 0 Å². The van der Waals surface area contributed by atoms with Gasteiger partial charge in [-0.3, -0.25) is 0 Å². The quantitative estimate of drug-likeness (QED) is 0.735. The molecule has 0 fully saturated rings. The van der Waals surface area contributed by atoms with E-state index in [4.69, 9.17) is 10.8 Å². The van der Waals surface area contributed by atoms with Crippen molar-refractivity contribution in [3.63, 3.8) is 0 Å². The van der Waals surface area contributed by atoms with Gasteiger partial charge in [0, 0.05) is 24.6 Å². The second-order valence-corrected chi connectivity index (χ2v) is 5.92. The molecule has 1 atom stereocenters. The second kappa shape index (κ2) is 6.70. The van der Waals surface area contributed by atoms with E-state index in [1.165, 1.54) is 0 Å². The summed E-state index contributed by atoms with van der Waals surface area (Å²) in [6.07, 6.45) is 1.83. The maximum atomic E-state index is 8.99. The molecule has 0 aromatic carbocycles. The van der Waals surface area contributed by atoms with Crippen molar-refractivity contribution < 1.29 is 5.11 Å². The van der Waals surface area contributed by atoms with Gasteiger partial charge in [-0.25, -0.2) is 9.97 Å². The van der Waals surface area contributed by atoms with Crippen molar-refractivity contribution in [2.75, 3.05) is 24.2 Å². The summed E-state index contributed by atoms with van der Waals surface area (Å²) in [5.41, 5.74) is 5.70. The summed E-state index contributed by atoms with van der Waals surface area (Å²) >= 11 is 0. The van der Waals surface area contributed by atoms with Gasteiger partial charge in [-0.05, 0) is 12.3 Å². The Morgan fingerprint density at radius 3 is 2.58 bits per heavy atom. The van der Waals surface area contributed by atoms with Gasteiger partial charge in [0.1, 0.15) is 17.5 Å². The van der Waals surface area contributed by atoms with Crippen molar-refractivity contribution in [1.29, 1.82) is 0 Å². The van der Waals surface area contributed by atoms with Crippen LogP contribution in [0.3, 0.4) is 0 Å². The largest absolute Gasteiger partial charge is 0.396 e. The molecular weight excluding hydrogens is 240 g/mol. The first-order valence-corrected chi connectivity index (χ1v) is 6.86. The molecule has 1 heterocycles. The van der Waals surface area contributed by atoms with Crippen LogP contribution in [0.25, 0.3) is 0 Å². The van der Waals surface area contributed by atoms with E-state index in [9.17, 15) is 0 Å². The molecule has 1 aromatic rings. The summed E-state index contributed by atoms with van der Waals surface area (Å²) in [7, 11) is 0. The highest BCUT2D eigenvalue weighted by Gasteiger charge is 2.18. The fraction of sp³-hybridized carbons (Fsp3) is 0.714. The van der Waals surface area contributed by atoms with Crippen LogP contribution >= 0.6 is 0 Å². The molecule has 1 aromatic heterocycles. The maximum Gasteiger partial charge on any atom is 0.138 e. The molecule has 0 aliphatic heterocycles. The van der Waals surface area contributed by atoms with Gasteiger partial charge >= 0.3 is 0 Å². The zero-order chi connectivity index (χ0) is 14.5. The van der Waals surface area contributed by atoms with E-state index in [2.05, 4.69) is 43.0 Å². The Bertz CT molecular complexity index is 401. The van der Waals surface area contributed by atoms with Crippen molar-refractivity contribution in [3.8, 4) is 0 Å². The molecule has 5 heteroatoms. The minimum absolute atomic E-state index is 0.124. The number of nitrogens with two attached hydrogens (primary N) is 1. The fourth-order valence-electron chi connectivity index (χ4n) is 1.77. The maximum absolute atomic E-state index is 8.99. The molecule has 0 bridgehead atoms. The zero-order valence-corrected chi connectivity index (χ0v) is 12.4. The predicted molar refractivity (Wildman–Crippen MR) is 79.1 cm³/mol. The Hall–Kier alpha value is -1.36. The van der Waals surface area contributed by atoms with Crippen LogP contribution in [0.4, 0.5) is 11.6 Å². The number of aliphatic hydroxyl groups excluding tert-OH is 1. The summed E-state index contributed by atoms with van der Waals surface area (Å²) in [5, 5.41) is 12.3. The van der Waals surface area contributed by atoms with Gasteiger partial charge in [0.2, 0.25) is 0 Å². The Kier molecular flexibility index (Phi) is 5.54. The van der Waals surface area contributed by atoms with Gasteiger partial charge in [0.25, 0.3) is 0 Å². The van der Waals surface area contributed by atoms with Gasteiger partial charge in [-0.15, -0.1) is 0 Å². The number of aliphatic hydroxyl groups is 1. The summed E-state index contributed by atoms with van der Waals surface area (Å²) in [5.74, 6) is 2.43. The summed E-state index contributed by atoms with van der Waals surface area (Å²) < 4.78 is 0. The smallest absolute Gasteiger partial charge is 0.138 e. The van der Waals surface area contributed by atoms with Crippen molar-refractivity contribution in [2.24, 2.45) is 5.92 Å². The Morgan fingerprint density at radius 2 is 2.05 bits per heavy atom. The van der Waals surface area contributed by atoms with E-state index in [0.717, 1.165) is 31.0 Å². The van der Waals surface area contributed by atoms with E-state index < -0.39 is 0 Å². The van der Waals surface area contributed by atoms with Crippen LogP contribution in [0, 0.1) is 5.92 Å². The average Bonchev–Trinajstić information content (AvgIpc) is 2.32. The molecule has 0 aliphatic carbocycles. The highest BCUT2D eigenvalue weighted by Crippen LogP contribution is 2.21. The standard InChI is InChI=1S/C14H26N4O/c1-5-10(6-7-19)9-16-12-8-11(15)17-13(18-12)14(2,3)4/h8,10,19H,5-7,9H2,1-4H3,(H3,15,16,17,18). The van der Waals surface area contributed by atoms with Crippen LogP contribution in [-0.4, -0.2) is 28.2 Å². The molecule has 19 heavy (non-hydrogen) atoms. The minimum Gasteiger partial charge on any atom is -0.396 e. The highest BCUT2D eigenvalue weighted by atomic mass is 16.3. The third-order valence-corrected chi connectivity index (χ3v) is 3.10. The fourth-order valence-corrected chi connectivity index (χ4v) is 1.77. The lowest BCUT2D eigenvalue weighted by Crippen LogP contribution is -2.20. The van der Waals surface area contributed by atoms with Crippen LogP contribution in [0.2, 0.25) is 0 Å². The molecule has 1 unspecified atom stereocenters. The lowest BCUT2D eigenvalue weighted by atomic mass is 9.96. The Labute approximate surface area is 115 Å². The molecule has 1 rings (SSSR count). The predicted octanol–water partition coefficient (Wildman–Crippen LogP) is 2.18. The van der Waals surface area contributed by atoms with Crippen LogP contribution in [0.1, 0.15) is 46.4 Å². The number of anilines is 2. The SMILES string of the molecule is CCC(CCO)CNc1cc(N)nc(C(C)(C)C)n1. The average molecular weight is 266 g/mol. The van der Waals surface area contributed by atoms with E-state index in [-0.39, 0.29) is 12.0 Å². The molecule has 0 amide bonds. The molecule has 5 nitrogen and oxygen atoms in total. The van der Waals surface area contributed by atoms with Crippen LogP contribution in [-0.2, 0) is 5.41 Å². The van der Waals surface area contributed by atoms with Crippen molar-refractivity contribution in [3.05, 3.63) is 11.9 Å². The topological polar surface area (TPSA) is 84.1 Å². The first-order chi connectivity index (χ1) is 8.86. The molecule has 4 N–H and O–H groups in total. The first kappa shape index (κ1) is 15.7. The number of hydrogen-bond acceptors (Lipinski definition) is 5. The molecular formula is C14H26N4O. The number of nitrogen functional groups attached to an aromatic ring is 1. The van der Waals surface area contributed by atoms with E-state index in [0.29, 0.717) is 11.7 Å². The van der Waals surface area contributed by atoms with Gasteiger partial charge in [0.15, 0.2) is 0 Å². The molecule has 0 spiro atoms. The molecule has 0 radical (unpaired) electrons. The van der Waals surface area contributed by atoms with Crippen molar-refractivity contribution in [2.45, 2.75) is 46.0 Å². The zero-order valence-electron chi connectivity index (χ0n) is 12.4. The molecule has 0 saturated carbocycles. The minimum atomic E-state index is -0.124. The molecule has 108 valence electrons. The van der Waals surface area contributed by atoms with Gasteiger partial charge < -0.3 is 16.2 Å². The summed E-state index contributed by atoms with van der Waals surface area (Å²) in [6.45, 7) is 9.32.